The van der Waals surface area contributed by atoms with Gasteiger partial charge in [-0.05, 0) is 37.0 Å². The quantitative estimate of drug-likeness (QED) is 0.213. The topological polar surface area (TPSA) is 194 Å². The van der Waals surface area contributed by atoms with Gasteiger partial charge in [0.25, 0.3) is 0 Å². The van der Waals surface area contributed by atoms with Gasteiger partial charge in [0.15, 0.2) is 11.7 Å². The summed E-state index contributed by atoms with van der Waals surface area (Å²) in [6.07, 6.45) is -1.58. The van der Waals surface area contributed by atoms with Crippen LogP contribution in [0.3, 0.4) is 0 Å². The molecule has 0 radical (unpaired) electrons. The summed E-state index contributed by atoms with van der Waals surface area (Å²) in [5.74, 6) is -6.29. The van der Waals surface area contributed by atoms with E-state index in [1.165, 1.54) is 5.54 Å². The Kier molecular flexibility index (Phi) is 10.1. The van der Waals surface area contributed by atoms with Crippen LogP contribution in [0, 0.1) is 23.7 Å². The van der Waals surface area contributed by atoms with Crippen LogP contribution in [0.25, 0.3) is 0 Å². The Hall–Kier alpha value is -3.21. The maximum atomic E-state index is 13.9. The first kappa shape index (κ1) is 41.2. The van der Waals surface area contributed by atoms with Gasteiger partial charge in [-0.15, -0.1) is 0 Å². The molecule has 8 bridgehead atoms. The SMILES string of the molecule is CC1CCCCCCC(C)C(=O)O[C@H]2/C(=C/Cl)C=C3[C@]2(O)[C@H](O)[C@@]2(CO)O[C@H]2[C@H]2[C@H]4OC5(c6ccccc6)O[C@@H]([C@@H](C)[C@]32O5)[C@@]4(O)C(O)(COC(=O)c2ccccc2)C1. The summed E-state index contributed by atoms with van der Waals surface area (Å²) >= 11 is 6.49. The van der Waals surface area contributed by atoms with Gasteiger partial charge in [-0.25, -0.2) is 4.79 Å². The molecule has 2 aromatic rings. The van der Waals surface area contributed by atoms with Gasteiger partial charge in [0, 0.05) is 28.2 Å². The molecule has 4 unspecified atom stereocenters. The minimum absolute atomic E-state index is 0.0383. The molecular formula is C45H53ClO13. The number of carbonyl (C=O) groups excluding carboxylic acids is 2. The van der Waals surface area contributed by atoms with Crippen LogP contribution in [0.15, 0.2) is 83.4 Å². The van der Waals surface area contributed by atoms with Crippen molar-refractivity contribution in [3.05, 3.63) is 94.5 Å². The molecule has 5 aliphatic heterocycles. The fourth-order valence-corrected chi connectivity index (χ4v) is 11.7. The third-order valence-corrected chi connectivity index (χ3v) is 14.9. The second kappa shape index (κ2) is 14.4. The molecule has 59 heavy (non-hydrogen) atoms. The lowest BCUT2D eigenvalue weighted by atomic mass is 9.50. The first-order valence-corrected chi connectivity index (χ1v) is 21.3. The minimum Gasteiger partial charge on any atom is -0.459 e. The van der Waals surface area contributed by atoms with Crippen LogP contribution in [-0.2, 0) is 39.2 Å². The van der Waals surface area contributed by atoms with Crippen molar-refractivity contribution in [1.82, 2.24) is 0 Å². The van der Waals surface area contributed by atoms with E-state index < -0.39 is 107 Å². The standard InChI is InChI=1S/C45H53ClO13/c1-25-14-8-4-5-9-15-26(2)37(48)55-34-29(22-46)20-31-42(34,52)39(50)41(23-47)35(56-41)32-36-44(53,40(51,21-25)24-54-38(49)28-16-10-6-11-17-28)33-27(3)43(31,32)59-45(57-33,58-36)30-18-12-7-13-19-30/h6-7,10-13,16-20,22,25-27,32-36,39,47,50-53H,4-5,8-9,14-15,21,23-24H2,1-3H3/b29-22+/t25?,26?,27-,32+,33+,34+,35+,36-,39-,40?,41+,42-,43+,44+,45?/m1/s1. The molecule has 5 heterocycles. The molecule has 5 N–H and O–H groups in total. The zero-order chi connectivity index (χ0) is 41.8. The highest BCUT2D eigenvalue weighted by molar-refractivity contribution is 6.26. The molecule has 15 atom stereocenters. The molecular weight excluding hydrogens is 784 g/mol. The molecule has 318 valence electrons. The van der Waals surface area contributed by atoms with Gasteiger partial charge in [-0.1, -0.05) is 113 Å². The normalized spacial score (nSPS) is 47.1. The molecule has 1 spiro atoms. The Labute approximate surface area is 347 Å². The number of fused-ring (bicyclic) bond motifs is 1. The molecule has 8 aliphatic rings. The number of hydrogen-bond acceptors (Lipinski definition) is 13. The van der Waals surface area contributed by atoms with E-state index in [1.807, 2.05) is 6.92 Å². The molecule has 2 aromatic carbocycles. The first-order valence-electron chi connectivity index (χ1n) is 20.9. The lowest BCUT2D eigenvalue weighted by molar-refractivity contribution is -0.584. The second-order valence-corrected chi connectivity index (χ2v) is 18.3. The summed E-state index contributed by atoms with van der Waals surface area (Å²) < 4.78 is 39.4. The van der Waals surface area contributed by atoms with Gasteiger partial charge in [-0.2, -0.15) is 0 Å². The molecule has 0 amide bonds. The van der Waals surface area contributed by atoms with Crippen molar-refractivity contribution < 1.29 is 63.5 Å². The highest BCUT2D eigenvalue weighted by atomic mass is 35.5. The van der Waals surface area contributed by atoms with Crippen molar-refractivity contribution in [1.29, 1.82) is 0 Å². The number of ether oxygens (including phenoxy) is 6. The minimum atomic E-state index is -2.49. The monoisotopic (exact) mass is 836 g/mol. The van der Waals surface area contributed by atoms with Gasteiger partial charge in [0.2, 0.25) is 0 Å². The lowest BCUT2D eigenvalue weighted by Crippen LogP contribution is -2.89. The Balaban J connectivity index is 1.27. The van der Waals surface area contributed by atoms with E-state index in [-0.39, 0.29) is 29.0 Å². The first-order chi connectivity index (χ1) is 28.2. The Bertz CT molecular complexity index is 2030. The van der Waals surface area contributed by atoms with Gasteiger partial charge < -0.3 is 54.0 Å². The van der Waals surface area contributed by atoms with Crippen LogP contribution < -0.4 is 0 Å². The van der Waals surface area contributed by atoms with E-state index in [4.69, 9.17) is 40.0 Å². The van der Waals surface area contributed by atoms with Crippen LogP contribution in [0.1, 0.15) is 81.6 Å². The van der Waals surface area contributed by atoms with Crippen LogP contribution >= 0.6 is 11.6 Å². The van der Waals surface area contributed by atoms with Crippen LogP contribution in [-0.4, -0.2) is 109 Å². The summed E-state index contributed by atoms with van der Waals surface area (Å²) in [5.41, 5.74) is -8.65. The smallest absolute Gasteiger partial charge is 0.338 e. The number of aliphatic hydroxyl groups excluding tert-OH is 2. The van der Waals surface area contributed by atoms with Crippen molar-refractivity contribution >= 4 is 23.5 Å². The molecule has 2 saturated carbocycles. The maximum absolute atomic E-state index is 13.9. The molecule has 14 heteroatoms. The number of aliphatic hydroxyl groups is 5. The van der Waals surface area contributed by atoms with Crippen LogP contribution in [0.2, 0.25) is 0 Å². The predicted molar refractivity (Wildman–Crippen MR) is 209 cm³/mol. The van der Waals surface area contributed by atoms with Crippen molar-refractivity contribution in [2.75, 3.05) is 13.2 Å². The fourth-order valence-electron chi connectivity index (χ4n) is 11.6. The van der Waals surface area contributed by atoms with Crippen molar-refractivity contribution in [3.8, 4) is 0 Å². The summed E-state index contributed by atoms with van der Waals surface area (Å²) in [6, 6.07) is 17.1. The number of rotatable bonds is 5. The van der Waals surface area contributed by atoms with Crippen molar-refractivity contribution in [2.45, 2.75) is 130 Å². The van der Waals surface area contributed by atoms with E-state index >= 15 is 0 Å². The number of halogens is 1. The zero-order valence-electron chi connectivity index (χ0n) is 33.4. The Morgan fingerprint density at radius 3 is 2.24 bits per heavy atom. The predicted octanol–water partition coefficient (Wildman–Crippen LogP) is 4.16. The number of epoxide rings is 1. The third-order valence-electron chi connectivity index (χ3n) is 14.6. The van der Waals surface area contributed by atoms with Gasteiger partial charge >= 0.3 is 17.9 Å². The molecule has 0 aromatic heterocycles. The van der Waals surface area contributed by atoms with E-state index in [9.17, 15) is 35.1 Å². The molecule has 13 nitrogen and oxygen atoms in total. The van der Waals surface area contributed by atoms with E-state index in [2.05, 4.69) is 0 Å². The Morgan fingerprint density at radius 2 is 1.56 bits per heavy atom. The number of benzene rings is 2. The molecule has 3 aliphatic carbocycles. The second-order valence-electron chi connectivity index (χ2n) is 18.1. The zero-order valence-corrected chi connectivity index (χ0v) is 34.1. The summed E-state index contributed by atoms with van der Waals surface area (Å²) in [4.78, 5) is 27.4. The van der Waals surface area contributed by atoms with Crippen molar-refractivity contribution in [2.24, 2.45) is 23.7 Å². The lowest BCUT2D eigenvalue weighted by Gasteiger charge is -2.73. The number of esters is 2. The summed E-state index contributed by atoms with van der Waals surface area (Å²) in [5, 5.41) is 64.2. The van der Waals surface area contributed by atoms with Gasteiger partial charge in [0.05, 0.1) is 24.0 Å². The summed E-state index contributed by atoms with van der Waals surface area (Å²) in [7, 11) is 0. The van der Waals surface area contributed by atoms with E-state index in [1.54, 1.807) is 80.6 Å². The van der Waals surface area contributed by atoms with Crippen molar-refractivity contribution in [3.63, 3.8) is 0 Å². The highest BCUT2D eigenvalue weighted by Crippen LogP contribution is 2.74. The van der Waals surface area contributed by atoms with Crippen LogP contribution in [0.4, 0.5) is 0 Å². The number of hydrogen-bond donors (Lipinski definition) is 5. The molecule has 5 saturated heterocycles. The van der Waals surface area contributed by atoms with Crippen LogP contribution in [0.5, 0.6) is 0 Å². The largest absolute Gasteiger partial charge is 0.459 e. The maximum Gasteiger partial charge on any atom is 0.338 e. The summed E-state index contributed by atoms with van der Waals surface area (Å²) in [6.45, 7) is 4.03. The van der Waals surface area contributed by atoms with E-state index in [0.717, 1.165) is 25.7 Å². The molecule has 7 fully saturated rings. The highest BCUT2D eigenvalue weighted by Gasteiger charge is 2.90. The fraction of sp³-hybridized carbons (Fsp3) is 0.600. The average molecular weight is 837 g/mol. The molecule has 10 rings (SSSR count). The average Bonchev–Trinajstić information content (AvgIpc) is 3.91. The van der Waals surface area contributed by atoms with Gasteiger partial charge in [-0.3, -0.25) is 4.79 Å². The van der Waals surface area contributed by atoms with E-state index in [0.29, 0.717) is 18.4 Å². The van der Waals surface area contributed by atoms with Gasteiger partial charge in [0.1, 0.15) is 53.4 Å². The number of carbonyl (C=O) groups is 2. The Morgan fingerprint density at radius 1 is 0.898 bits per heavy atom. The third kappa shape index (κ3) is 5.69.